The highest BCUT2D eigenvalue weighted by Crippen LogP contribution is 2.37. The van der Waals surface area contributed by atoms with E-state index in [0.29, 0.717) is 5.75 Å². The van der Waals surface area contributed by atoms with Gasteiger partial charge < -0.3 is 10.2 Å². The van der Waals surface area contributed by atoms with E-state index >= 15 is 0 Å². The number of phenolic OH excluding ortho intramolecular Hbond substituents is 2. The van der Waals surface area contributed by atoms with Crippen LogP contribution in [0.25, 0.3) is 10.8 Å². The van der Waals surface area contributed by atoms with E-state index in [1.807, 2.05) is 42.5 Å². The maximum Gasteiger partial charge on any atom is 0.123 e. The summed E-state index contributed by atoms with van der Waals surface area (Å²) in [6, 6.07) is 18.5. The number of phenols is 2. The number of aromatic hydroxyl groups is 2. The summed E-state index contributed by atoms with van der Waals surface area (Å²) >= 11 is 1.61. The molecule has 3 heteroatoms. The smallest absolute Gasteiger partial charge is 0.123 e. The first kappa shape index (κ1) is 11.9. The van der Waals surface area contributed by atoms with E-state index in [1.54, 1.807) is 30.0 Å². The molecule has 0 saturated heterocycles. The number of hydrogen-bond acceptors (Lipinski definition) is 3. The first-order chi connectivity index (χ1) is 9.24. The summed E-state index contributed by atoms with van der Waals surface area (Å²) in [6.07, 6.45) is 0. The molecule has 0 heterocycles. The van der Waals surface area contributed by atoms with Crippen LogP contribution in [-0.2, 0) is 0 Å². The lowest BCUT2D eigenvalue weighted by molar-refractivity contribution is 0.475. The van der Waals surface area contributed by atoms with Gasteiger partial charge in [-0.25, -0.2) is 0 Å². The Labute approximate surface area is 115 Å². The normalized spacial score (nSPS) is 10.7. The Morgan fingerprint density at radius 3 is 2.11 bits per heavy atom. The molecule has 0 saturated carbocycles. The quantitative estimate of drug-likeness (QED) is 0.723. The Kier molecular flexibility index (Phi) is 3.05. The molecule has 0 amide bonds. The van der Waals surface area contributed by atoms with Crippen LogP contribution in [0.15, 0.2) is 70.5 Å². The lowest BCUT2D eigenvalue weighted by Crippen LogP contribution is -1.79. The molecule has 0 aliphatic carbocycles. The fraction of sp³-hybridized carbons (Fsp3) is 0. The second-order valence-corrected chi connectivity index (χ2v) is 5.34. The number of fused-ring (bicyclic) bond motifs is 1. The lowest BCUT2D eigenvalue weighted by atomic mass is 10.1. The molecule has 0 aliphatic rings. The molecule has 0 atom stereocenters. The average Bonchev–Trinajstić information content (AvgIpc) is 2.45. The summed E-state index contributed by atoms with van der Waals surface area (Å²) in [5.74, 6) is 0.561. The van der Waals surface area contributed by atoms with Crippen molar-refractivity contribution in [2.45, 2.75) is 9.79 Å². The zero-order valence-corrected chi connectivity index (χ0v) is 10.9. The van der Waals surface area contributed by atoms with Gasteiger partial charge in [-0.05, 0) is 41.8 Å². The second kappa shape index (κ2) is 4.86. The van der Waals surface area contributed by atoms with Gasteiger partial charge in [-0.1, -0.05) is 36.0 Å². The third-order valence-electron chi connectivity index (χ3n) is 2.93. The van der Waals surface area contributed by atoms with Crippen LogP contribution in [0, 0.1) is 0 Å². The largest absolute Gasteiger partial charge is 0.508 e. The van der Waals surface area contributed by atoms with Crippen molar-refractivity contribution in [3.63, 3.8) is 0 Å². The highest BCUT2D eigenvalue weighted by Gasteiger charge is 2.06. The van der Waals surface area contributed by atoms with Gasteiger partial charge in [0.05, 0.1) is 0 Å². The molecule has 19 heavy (non-hydrogen) atoms. The van der Waals surface area contributed by atoms with E-state index in [0.717, 1.165) is 20.6 Å². The van der Waals surface area contributed by atoms with Crippen LogP contribution >= 0.6 is 11.8 Å². The standard InChI is InChI=1S/C16H12O2S/c17-11-5-7-12(8-6-11)19-16-10-9-15(18)13-3-1-2-4-14(13)16/h1-10,17-18H. The van der Waals surface area contributed by atoms with E-state index < -0.39 is 0 Å². The molecule has 94 valence electrons. The Balaban J connectivity index is 2.06. The number of benzene rings is 3. The van der Waals surface area contributed by atoms with Crippen LogP contribution in [0.4, 0.5) is 0 Å². The van der Waals surface area contributed by atoms with Gasteiger partial charge in [0.1, 0.15) is 11.5 Å². The molecular weight excluding hydrogens is 256 g/mol. The summed E-state index contributed by atoms with van der Waals surface area (Å²) in [6.45, 7) is 0. The summed E-state index contributed by atoms with van der Waals surface area (Å²) in [5, 5.41) is 21.0. The fourth-order valence-electron chi connectivity index (χ4n) is 1.99. The Morgan fingerprint density at radius 1 is 0.684 bits per heavy atom. The van der Waals surface area contributed by atoms with E-state index in [2.05, 4.69) is 0 Å². The van der Waals surface area contributed by atoms with Gasteiger partial charge in [-0.15, -0.1) is 0 Å². The Bertz CT molecular complexity index is 720. The van der Waals surface area contributed by atoms with E-state index in [1.165, 1.54) is 0 Å². The van der Waals surface area contributed by atoms with Gasteiger partial charge in [0.15, 0.2) is 0 Å². The Hall–Kier alpha value is -2.13. The third kappa shape index (κ3) is 2.37. The SMILES string of the molecule is Oc1ccc(Sc2ccc(O)c3ccccc23)cc1. The first-order valence-electron chi connectivity index (χ1n) is 5.91. The third-order valence-corrected chi connectivity index (χ3v) is 4.01. The molecule has 0 fully saturated rings. The van der Waals surface area contributed by atoms with Gasteiger partial charge in [-0.3, -0.25) is 0 Å². The van der Waals surface area contributed by atoms with Gasteiger partial charge in [0.2, 0.25) is 0 Å². The fourth-order valence-corrected chi connectivity index (χ4v) is 2.94. The van der Waals surface area contributed by atoms with Crippen molar-refractivity contribution in [1.82, 2.24) is 0 Å². The van der Waals surface area contributed by atoms with Crippen molar-refractivity contribution in [3.05, 3.63) is 60.7 Å². The molecule has 3 rings (SSSR count). The average molecular weight is 268 g/mol. The zero-order chi connectivity index (χ0) is 13.2. The second-order valence-electron chi connectivity index (χ2n) is 4.22. The minimum absolute atomic E-state index is 0.264. The summed E-state index contributed by atoms with van der Waals surface area (Å²) in [7, 11) is 0. The van der Waals surface area contributed by atoms with Gasteiger partial charge in [0, 0.05) is 15.2 Å². The monoisotopic (exact) mass is 268 g/mol. The topological polar surface area (TPSA) is 40.5 Å². The van der Waals surface area contributed by atoms with Crippen LogP contribution in [0.1, 0.15) is 0 Å². The predicted octanol–water partition coefficient (Wildman–Crippen LogP) is 4.40. The molecule has 0 spiro atoms. The summed E-state index contributed by atoms with van der Waals surface area (Å²) in [5.41, 5.74) is 0. The molecule has 3 aromatic rings. The first-order valence-corrected chi connectivity index (χ1v) is 6.73. The molecule has 0 aliphatic heterocycles. The minimum Gasteiger partial charge on any atom is -0.508 e. The van der Waals surface area contributed by atoms with Crippen LogP contribution in [-0.4, -0.2) is 10.2 Å². The van der Waals surface area contributed by atoms with Crippen molar-refractivity contribution < 1.29 is 10.2 Å². The molecule has 0 bridgehead atoms. The van der Waals surface area contributed by atoms with E-state index in [4.69, 9.17) is 0 Å². The van der Waals surface area contributed by atoms with Crippen LogP contribution < -0.4 is 0 Å². The molecule has 2 nitrogen and oxygen atoms in total. The predicted molar refractivity (Wildman–Crippen MR) is 77.8 cm³/mol. The van der Waals surface area contributed by atoms with E-state index in [9.17, 15) is 10.2 Å². The van der Waals surface area contributed by atoms with Gasteiger partial charge in [0.25, 0.3) is 0 Å². The summed E-state index contributed by atoms with van der Waals surface area (Å²) in [4.78, 5) is 2.13. The zero-order valence-electron chi connectivity index (χ0n) is 10.1. The van der Waals surface area contributed by atoms with Gasteiger partial charge in [-0.2, -0.15) is 0 Å². The van der Waals surface area contributed by atoms with Crippen LogP contribution in [0.5, 0.6) is 11.5 Å². The molecule has 3 aromatic carbocycles. The Morgan fingerprint density at radius 2 is 1.37 bits per heavy atom. The maximum atomic E-state index is 9.86. The van der Waals surface area contributed by atoms with Crippen molar-refractivity contribution in [3.8, 4) is 11.5 Å². The van der Waals surface area contributed by atoms with Crippen LogP contribution in [0.3, 0.4) is 0 Å². The van der Waals surface area contributed by atoms with E-state index in [-0.39, 0.29) is 5.75 Å². The highest BCUT2D eigenvalue weighted by molar-refractivity contribution is 7.99. The highest BCUT2D eigenvalue weighted by atomic mass is 32.2. The molecular formula is C16H12O2S. The number of rotatable bonds is 2. The van der Waals surface area contributed by atoms with Crippen LogP contribution in [0.2, 0.25) is 0 Å². The molecule has 0 radical (unpaired) electrons. The molecule has 0 aromatic heterocycles. The van der Waals surface area contributed by atoms with Crippen molar-refractivity contribution in [2.24, 2.45) is 0 Å². The molecule has 2 N–H and O–H groups in total. The lowest BCUT2D eigenvalue weighted by Gasteiger charge is -2.08. The minimum atomic E-state index is 0.264. The summed E-state index contributed by atoms with van der Waals surface area (Å²) < 4.78 is 0. The van der Waals surface area contributed by atoms with Crippen molar-refractivity contribution >= 4 is 22.5 Å². The van der Waals surface area contributed by atoms with Crippen molar-refractivity contribution in [1.29, 1.82) is 0 Å². The van der Waals surface area contributed by atoms with Crippen molar-refractivity contribution in [2.75, 3.05) is 0 Å². The molecule has 0 unspecified atom stereocenters. The van der Waals surface area contributed by atoms with Gasteiger partial charge >= 0.3 is 0 Å². The number of hydrogen-bond donors (Lipinski definition) is 2. The maximum absolute atomic E-state index is 9.86.